The summed E-state index contributed by atoms with van der Waals surface area (Å²) in [7, 11) is 0. The second-order valence-electron chi connectivity index (χ2n) is 8.31. The molecule has 34 heavy (non-hydrogen) atoms. The van der Waals surface area contributed by atoms with Crippen LogP contribution in [-0.2, 0) is 0 Å². The topological polar surface area (TPSA) is 33.1 Å². The van der Waals surface area contributed by atoms with Gasteiger partial charge in [0.2, 0.25) is 0 Å². The van der Waals surface area contributed by atoms with Gasteiger partial charge in [-0.2, -0.15) is 0 Å². The number of benzene rings is 3. The van der Waals surface area contributed by atoms with Gasteiger partial charge in [0, 0.05) is 33.9 Å². The number of nitrogens with one attached hydrogen (secondary N) is 1. The van der Waals surface area contributed by atoms with Crippen LogP contribution in [0.3, 0.4) is 0 Å². The summed E-state index contributed by atoms with van der Waals surface area (Å²) in [6.45, 7) is 0. The van der Waals surface area contributed by atoms with Gasteiger partial charge in [-0.1, -0.05) is 52.3 Å². The number of pyridine rings is 1. The number of fused-ring (bicyclic) bond motifs is 1. The third-order valence-electron chi connectivity index (χ3n) is 6.30. The standard InChI is InChI=1S/C28H21BrN4S/c29-21-11-14-22(15-12-21)33-27(26(31-28(33)34)24-8-3-4-16-30-24)25-9-5-17-32(25)23-13-10-19-6-1-2-7-20(19)18-23/h1-18,26-27H,(H,31,34)/t26-,27-/m0/s1. The number of hydrogen-bond acceptors (Lipinski definition) is 2. The van der Waals surface area contributed by atoms with E-state index in [1.165, 1.54) is 10.8 Å². The molecule has 4 nitrogen and oxygen atoms in total. The van der Waals surface area contributed by atoms with E-state index in [9.17, 15) is 0 Å². The summed E-state index contributed by atoms with van der Waals surface area (Å²) in [6, 6.07) is 33.4. The van der Waals surface area contributed by atoms with Crippen LogP contribution in [0.1, 0.15) is 23.5 Å². The summed E-state index contributed by atoms with van der Waals surface area (Å²) >= 11 is 9.43. The summed E-state index contributed by atoms with van der Waals surface area (Å²) < 4.78 is 3.29. The van der Waals surface area contributed by atoms with E-state index in [0.717, 1.165) is 27.2 Å². The highest BCUT2D eigenvalue weighted by Gasteiger charge is 2.42. The van der Waals surface area contributed by atoms with Gasteiger partial charge in [-0.25, -0.2) is 0 Å². The SMILES string of the molecule is S=C1N[C@@H](c2ccccn2)[C@H](c2cccn2-c2ccc3ccccc3c2)N1c1ccc(Br)cc1. The number of rotatable bonds is 4. The molecule has 166 valence electrons. The number of halogens is 1. The zero-order valence-electron chi connectivity index (χ0n) is 18.2. The Morgan fingerprint density at radius 1 is 0.794 bits per heavy atom. The van der Waals surface area contributed by atoms with Crippen LogP contribution < -0.4 is 10.2 Å². The van der Waals surface area contributed by atoms with E-state index in [-0.39, 0.29) is 12.1 Å². The molecule has 1 N–H and O–H groups in total. The first-order valence-corrected chi connectivity index (χ1v) is 12.3. The molecular formula is C28H21BrN4S. The Kier molecular flexibility index (Phi) is 5.40. The number of hydrogen-bond donors (Lipinski definition) is 1. The van der Waals surface area contributed by atoms with E-state index in [0.29, 0.717) is 5.11 Å². The highest BCUT2D eigenvalue weighted by molar-refractivity contribution is 9.10. The first-order valence-electron chi connectivity index (χ1n) is 11.1. The van der Waals surface area contributed by atoms with Gasteiger partial charge in [-0.05, 0) is 83.7 Å². The monoisotopic (exact) mass is 524 g/mol. The third kappa shape index (κ3) is 3.69. The quantitative estimate of drug-likeness (QED) is 0.257. The molecule has 0 amide bonds. The van der Waals surface area contributed by atoms with Crippen molar-refractivity contribution in [3.05, 3.63) is 125 Å². The maximum atomic E-state index is 5.87. The molecule has 6 rings (SSSR count). The number of aromatic nitrogens is 2. The smallest absolute Gasteiger partial charge is 0.174 e. The summed E-state index contributed by atoms with van der Waals surface area (Å²) in [5.41, 5.74) is 4.25. The normalized spacial score (nSPS) is 17.8. The lowest BCUT2D eigenvalue weighted by molar-refractivity contribution is 0.549. The van der Waals surface area contributed by atoms with E-state index >= 15 is 0 Å². The molecule has 1 aliphatic heterocycles. The fourth-order valence-corrected chi connectivity index (χ4v) is 5.34. The van der Waals surface area contributed by atoms with E-state index in [2.05, 4.69) is 115 Å². The van der Waals surface area contributed by atoms with Crippen LogP contribution in [0.4, 0.5) is 5.69 Å². The summed E-state index contributed by atoms with van der Waals surface area (Å²) in [5, 5.41) is 6.68. The lowest BCUT2D eigenvalue weighted by Gasteiger charge is -2.29. The molecular weight excluding hydrogens is 504 g/mol. The zero-order valence-corrected chi connectivity index (χ0v) is 20.6. The minimum absolute atomic E-state index is 0.0787. The van der Waals surface area contributed by atoms with Crippen molar-refractivity contribution >= 4 is 49.7 Å². The van der Waals surface area contributed by atoms with Gasteiger partial charge in [0.15, 0.2) is 5.11 Å². The minimum Gasteiger partial charge on any atom is -0.351 e. The highest BCUT2D eigenvalue weighted by Crippen LogP contribution is 2.42. The van der Waals surface area contributed by atoms with Crippen molar-refractivity contribution in [1.29, 1.82) is 0 Å². The van der Waals surface area contributed by atoms with Crippen LogP contribution >= 0.6 is 28.1 Å². The Balaban J connectivity index is 1.51. The Labute approximate surface area is 212 Å². The molecule has 0 unspecified atom stereocenters. The van der Waals surface area contributed by atoms with Gasteiger partial charge >= 0.3 is 0 Å². The largest absolute Gasteiger partial charge is 0.351 e. The molecule has 3 aromatic carbocycles. The van der Waals surface area contributed by atoms with E-state index in [1.807, 2.05) is 30.5 Å². The molecule has 0 saturated carbocycles. The van der Waals surface area contributed by atoms with Crippen LogP contribution in [0.5, 0.6) is 0 Å². The molecule has 6 heteroatoms. The van der Waals surface area contributed by atoms with Crippen molar-refractivity contribution in [2.24, 2.45) is 0 Å². The van der Waals surface area contributed by atoms with E-state index < -0.39 is 0 Å². The van der Waals surface area contributed by atoms with Crippen molar-refractivity contribution in [3.8, 4) is 5.69 Å². The van der Waals surface area contributed by atoms with Gasteiger partial charge in [0.1, 0.15) is 6.04 Å². The predicted molar refractivity (Wildman–Crippen MR) is 145 cm³/mol. The fraction of sp³-hybridized carbons (Fsp3) is 0.0714. The fourth-order valence-electron chi connectivity index (χ4n) is 4.73. The second-order valence-corrected chi connectivity index (χ2v) is 9.61. The van der Waals surface area contributed by atoms with Crippen molar-refractivity contribution < 1.29 is 0 Å². The van der Waals surface area contributed by atoms with Crippen molar-refractivity contribution in [3.63, 3.8) is 0 Å². The molecule has 2 atom stereocenters. The molecule has 0 bridgehead atoms. The van der Waals surface area contributed by atoms with E-state index in [1.54, 1.807) is 0 Å². The second kappa shape index (κ2) is 8.70. The van der Waals surface area contributed by atoms with E-state index in [4.69, 9.17) is 12.2 Å². The molecule has 5 aromatic rings. The lowest BCUT2D eigenvalue weighted by Crippen LogP contribution is -2.30. The lowest BCUT2D eigenvalue weighted by atomic mass is 10.0. The van der Waals surface area contributed by atoms with Crippen LogP contribution in [0.25, 0.3) is 16.5 Å². The Bertz CT molecular complexity index is 1480. The molecule has 1 saturated heterocycles. The van der Waals surface area contributed by atoms with Gasteiger partial charge < -0.3 is 14.8 Å². The average molecular weight is 525 g/mol. The van der Waals surface area contributed by atoms with Crippen LogP contribution in [0.2, 0.25) is 0 Å². The molecule has 0 aliphatic carbocycles. The van der Waals surface area contributed by atoms with Gasteiger partial charge in [-0.3, -0.25) is 4.98 Å². The Morgan fingerprint density at radius 3 is 2.35 bits per heavy atom. The maximum Gasteiger partial charge on any atom is 0.174 e. The average Bonchev–Trinajstić information content (AvgIpc) is 3.49. The van der Waals surface area contributed by atoms with Crippen LogP contribution in [-0.4, -0.2) is 14.7 Å². The van der Waals surface area contributed by atoms with Crippen LogP contribution in [0, 0.1) is 0 Å². The van der Waals surface area contributed by atoms with Gasteiger partial charge in [0.05, 0.1) is 11.7 Å². The van der Waals surface area contributed by atoms with Crippen LogP contribution in [0.15, 0.2) is 114 Å². The third-order valence-corrected chi connectivity index (χ3v) is 7.14. The zero-order chi connectivity index (χ0) is 23.1. The number of thiocarbonyl (C=S) groups is 1. The molecule has 3 heterocycles. The maximum absolute atomic E-state index is 5.87. The van der Waals surface area contributed by atoms with Gasteiger partial charge in [0.25, 0.3) is 0 Å². The highest BCUT2D eigenvalue weighted by atomic mass is 79.9. The summed E-state index contributed by atoms with van der Waals surface area (Å²) in [5.74, 6) is 0. The van der Waals surface area contributed by atoms with Crippen molar-refractivity contribution in [1.82, 2.24) is 14.9 Å². The molecule has 1 fully saturated rings. The first-order chi connectivity index (χ1) is 16.7. The van der Waals surface area contributed by atoms with Crippen molar-refractivity contribution in [2.45, 2.75) is 12.1 Å². The predicted octanol–water partition coefficient (Wildman–Crippen LogP) is 6.97. The number of anilines is 1. The summed E-state index contributed by atoms with van der Waals surface area (Å²) in [6.07, 6.45) is 3.96. The first kappa shape index (κ1) is 21.1. The summed E-state index contributed by atoms with van der Waals surface area (Å²) in [4.78, 5) is 6.88. The molecule has 2 aromatic heterocycles. The number of nitrogens with zero attached hydrogens (tertiary/aromatic N) is 3. The Morgan fingerprint density at radius 2 is 1.56 bits per heavy atom. The van der Waals surface area contributed by atoms with Crippen molar-refractivity contribution in [2.75, 3.05) is 4.90 Å². The minimum atomic E-state index is -0.0912. The molecule has 0 radical (unpaired) electrons. The molecule has 1 aliphatic rings. The Hall–Kier alpha value is -3.48. The van der Waals surface area contributed by atoms with Gasteiger partial charge in [-0.15, -0.1) is 0 Å². The molecule has 0 spiro atoms.